The Morgan fingerprint density at radius 1 is 0.971 bits per heavy atom. The number of carbonyl (C=O) groups is 1. The Morgan fingerprint density at radius 2 is 1.71 bits per heavy atom. The fraction of sp³-hybridized carbons (Fsp3) is 0.0417. The van der Waals surface area contributed by atoms with Crippen molar-refractivity contribution in [2.75, 3.05) is 16.8 Å². The van der Waals surface area contributed by atoms with Crippen LogP contribution < -0.4 is 22.2 Å². The predicted octanol–water partition coefficient (Wildman–Crippen LogP) is 2.93. The number of hydrogen-bond donors (Lipinski definition) is 5. The van der Waals surface area contributed by atoms with E-state index in [2.05, 4.69) is 20.3 Å². The number of aromatic nitrogens is 3. The molecule has 0 saturated carbocycles. The standard InChI is InChI=1S/C24H18N6O5/c25-22-28-23(26)30-24(29-22)27-10-16-17(32)8-7-15-19(12-3-1-2-4-13(12)21(33)34)14-6-5-11(31)9-18(14)35-20(15)16/h1-9,32H,10H2,(H,33,34)(H5,25,26,27,28,29,30). The summed E-state index contributed by atoms with van der Waals surface area (Å²) in [6, 6.07) is 13.9. The molecular weight excluding hydrogens is 452 g/mol. The zero-order valence-electron chi connectivity index (χ0n) is 18.0. The minimum absolute atomic E-state index is 0.00183. The number of phenols is 1. The molecule has 35 heavy (non-hydrogen) atoms. The average molecular weight is 470 g/mol. The lowest BCUT2D eigenvalue weighted by molar-refractivity contribution is 0.0697. The van der Waals surface area contributed by atoms with E-state index in [4.69, 9.17) is 15.9 Å². The third kappa shape index (κ3) is 3.91. The number of hydrogen-bond acceptors (Lipinski definition) is 10. The summed E-state index contributed by atoms with van der Waals surface area (Å²) in [6.45, 7) is -0.00183. The highest BCUT2D eigenvalue weighted by Gasteiger charge is 2.23. The van der Waals surface area contributed by atoms with Gasteiger partial charge in [-0.15, -0.1) is 0 Å². The Kier molecular flexibility index (Phi) is 5.13. The summed E-state index contributed by atoms with van der Waals surface area (Å²) < 4.78 is 6.09. The molecule has 0 amide bonds. The monoisotopic (exact) mass is 470 g/mol. The fourth-order valence-electron chi connectivity index (χ4n) is 3.98. The third-order valence-corrected chi connectivity index (χ3v) is 5.46. The summed E-state index contributed by atoms with van der Waals surface area (Å²) in [5, 5.41) is 23.9. The van der Waals surface area contributed by atoms with Gasteiger partial charge in [0.1, 0.15) is 17.1 Å². The van der Waals surface area contributed by atoms with Gasteiger partial charge in [0.05, 0.1) is 17.7 Å². The number of nitrogens with two attached hydrogens (primary N) is 2. The summed E-state index contributed by atoms with van der Waals surface area (Å²) in [4.78, 5) is 35.7. The molecular formula is C24H18N6O5. The number of benzene rings is 3. The first-order chi connectivity index (χ1) is 16.8. The van der Waals surface area contributed by atoms with E-state index >= 15 is 0 Å². The molecule has 2 aromatic carbocycles. The van der Waals surface area contributed by atoms with Crippen LogP contribution in [0, 0.1) is 0 Å². The molecule has 2 heterocycles. The lowest BCUT2D eigenvalue weighted by atomic mass is 9.90. The molecule has 2 aliphatic rings. The summed E-state index contributed by atoms with van der Waals surface area (Å²) in [7, 11) is 0. The molecule has 0 spiro atoms. The van der Waals surface area contributed by atoms with Crippen LogP contribution in [0.4, 0.5) is 17.8 Å². The molecule has 0 unspecified atom stereocenters. The molecule has 1 aromatic heterocycles. The summed E-state index contributed by atoms with van der Waals surface area (Å²) in [5.41, 5.74) is 13.2. The quantitative estimate of drug-likeness (QED) is 0.237. The van der Waals surface area contributed by atoms with Gasteiger partial charge in [0.25, 0.3) is 0 Å². The highest BCUT2D eigenvalue weighted by Crippen LogP contribution is 2.43. The topological polar surface area (TPSA) is 190 Å². The molecule has 5 rings (SSSR count). The van der Waals surface area contributed by atoms with Gasteiger partial charge in [0, 0.05) is 22.6 Å². The van der Waals surface area contributed by atoms with Crippen LogP contribution in [0.25, 0.3) is 33.4 Å². The summed E-state index contributed by atoms with van der Waals surface area (Å²) in [5.74, 6) is -1.03. The van der Waals surface area contributed by atoms with E-state index in [0.717, 1.165) is 0 Å². The fourth-order valence-corrected chi connectivity index (χ4v) is 3.98. The molecule has 1 aliphatic carbocycles. The van der Waals surface area contributed by atoms with Crippen LogP contribution in [-0.2, 0) is 6.54 Å². The molecule has 0 bridgehead atoms. The predicted molar refractivity (Wildman–Crippen MR) is 129 cm³/mol. The second kappa shape index (κ2) is 8.30. The van der Waals surface area contributed by atoms with Crippen LogP contribution in [0.5, 0.6) is 5.75 Å². The van der Waals surface area contributed by atoms with Gasteiger partial charge in [-0.2, -0.15) is 15.0 Å². The Bertz CT molecular complexity index is 1630. The van der Waals surface area contributed by atoms with E-state index in [0.29, 0.717) is 27.6 Å². The number of aromatic carboxylic acids is 1. The Balaban J connectivity index is 1.78. The number of nitrogens with one attached hydrogen (secondary N) is 1. The van der Waals surface area contributed by atoms with Gasteiger partial charge in [-0.3, -0.25) is 4.79 Å². The first-order valence-corrected chi connectivity index (χ1v) is 10.4. The maximum atomic E-state index is 12.1. The van der Waals surface area contributed by atoms with Gasteiger partial charge in [-0.1, -0.05) is 18.2 Å². The Hall–Kier alpha value is -5.19. The van der Waals surface area contributed by atoms with Gasteiger partial charge in [0.15, 0.2) is 5.43 Å². The van der Waals surface area contributed by atoms with Gasteiger partial charge < -0.3 is 31.4 Å². The molecule has 3 aromatic rings. The van der Waals surface area contributed by atoms with Gasteiger partial charge in [-0.25, -0.2) is 4.79 Å². The van der Waals surface area contributed by atoms with E-state index in [1.54, 1.807) is 30.3 Å². The van der Waals surface area contributed by atoms with E-state index < -0.39 is 5.97 Å². The molecule has 11 nitrogen and oxygen atoms in total. The maximum absolute atomic E-state index is 12.1. The van der Waals surface area contributed by atoms with Gasteiger partial charge in [0.2, 0.25) is 17.8 Å². The first kappa shape index (κ1) is 21.6. The first-order valence-electron chi connectivity index (χ1n) is 10.4. The van der Waals surface area contributed by atoms with Gasteiger partial charge in [-0.05, 0) is 35.9 Å². The largest absolute Gasteiger partial charge is 0.507 e. The van der Waals surface area contributed by atoms with Crippen molar-refractivity contribution in [3.05, 3.63) is 75.9 Å². The number of anilines is 3. The van der Waals surface area contributed by atoms with Crippen molar-refractivity contribution in [3.63, 3.8) is 0 Å². The zero-order valence-corrected chi connectivity index (χ0v) is 18.0. The minimum Gasteiger partial charge on any atom is -0.507 e. The van der Waals surface area contributed by atoms with Crippen LogP contribution in [0.2, 0.25) is 0 Å². The number of aromatic hydroxyl groups is 1. The zero-order chi connectivity index (χ0) is 24.7. The van der Waals surface area contributed by atoms with Crippen LogP contribution in [-0.4, -0.2) is 31.1 Å². The van der Waals surface area contributed by atoms with Crippen LogP contribution >= 0.6 is 0 Å². The minimum atomic E-state index is -1.10. The number of rotatable bonds is 5. The third-order valence-electron chi connectivity index (χ3n) is 5.46. The molecule has 0 saturated heterocycles. The van der Waals surface area contributed by atoms with Crippen molar-refractivity contribution in [1.29, 1.82) is 0 Å². The number of carboxylic acids is 1. The van der Waals surface area contributed by atoms with E-state index in [1.165, 1.54) is 24.3 Å². The Labute approximate surface area is 197 Å². The van der Waals surface area contributed by atoms with Gasteiger partial charge >= 0.3 is 5.97 Å². The van der Waals surface area contributed by atoms with Crippen LogP contribution in [0.15, 0.2) is 63.8 Å². The molecule has 11 heteroatoms. The molecule has 0 radical (unpaired) electrons. The van der Waals surface area contributed by atoms with Crippen LogP contribution in [0.1, 0.15) is 15.9 Å². The number of nitrogen functional groups attached to an aromatic ring is 2. The Morgan fingerprint density at radius 3 is 2.46 bits per heavy atom. The summed E-state index contributed by atoms with van der Waals surface area (Å²) >= 11 is 0. The van der Waals surface area contributed by atoms with E-state index in [1.807, 2.05) is 0 Å². The highest BCUT2D eigenvalue weighted by atomic mass is 16.4. The smallest absolute Gasteiger partial charge is 0.336 e. The second-order valence-electron chi connectivity index (χ2n) is 7.65. The van der Waals surface area contributed by atoms with Crippen molar-refractivity contribution in [2.45, 2.75) is 6.54 Å². The number of carboxylic acid groups (broad SMARTS) is 1. The SMILES string of the molecule is Nc1nc(N)nc(NCc2c(O)ccc3c(-c4ccccc4C(=O)O)c4ccc(=O)cc-4oc23)n1. The molecule has 0 atom stereocenters. The lowest BCUT2D eigenvalue weighted by Gasteiger charge is -2.18. The summed E-state index contributed by atoms with van der Waals surface area (Å²) in [6.07, 6.45) is 0. The van der Waals surface area contributed by atoms with Crippen molar-refractivity contribution < 1.29 is 19.4 Å². The lowest BCUT2D eigenvalue weighted by Crippen LogP contribution is -2.10. The van der Waals surface area contributed by atoms with Crippen molar-refractivity contribution >= 4 is 34.8 Å². The van der Waals surface area contributed by atoms with Crippen molar-refractivity contribution in [1.82, 2.24) is 15.0 Å². The number of nitrogens with zero attached hydrogens (tertiary/aromatic N) is 3. The molecule has 1 aliphatic heterocycles. The van der Waals surface area contributed by atoms with Crippen molar-refractivity contribution in [3.8, 4) is 28.2 Å². The molecule has 7 N–H and O–H groups in total. The number of fused-ring (bicyclic) bond motifs is 2. The van der Waals surface area contributed by atoms with Crippen LogP contribution in [0.3, 0.4) is 0 Å². The molecule has 0 fully saturated rings. The van der Waals surface area contributed by atoms with Crippen molar-refractivity contribution in [2.24, 2.45) is 0 Å². The number of phenolic OH excluding ortho intramolecular Hbond substituents is 1. The normalized spacial score (nSPS) is 11.1. The molecule has 174 valence electrons. The maximum Gasteiger partial charge on any atom is 0.336 e. The highest BCUT2D eigenvalue weighted by molar-refractivity contribution is 6.08. The van der Waals surface area contributed by atoms with E-state index in [-0.39, 0.29) is 52.5 Å². The average Bonchev–Trinajstić information content (AvgIpc) is 2.81. The van der Waals surface area contributed by atoms with E-state index in [9.17, 15) is 19.8 Å². The second-order valence-corrected chi connectivity index (χ2v) is 7.65.